The van der Waals surface area contributed by atoms with Gasteiger partial charge in [0.2, 0.25) is 0 Å². The molecular formula is C15H20Cl2N2. The minimum Gasteiger partial charge on any atom is -0.329 e. The van der Waals surface area contributed by atoms with Gasteiger partial charge < -0.3 is 11.1 Å². The molecule has 3 N–H and O–H groups in total. The minimum atomic E-state index is 0.0169. The van der Waals surface area contributed by atoms with Crippen molar-refractivity contribution in [2.75, 3.05) is 13.1 Å². The number of benzene rings is 1. The van der Waals surface area contributed by atoms with Crippen LogP contribution in [0.3, 0.4) is 0 Å². The van der Waals surface area contributed by atoms with Gasteiger partial charge in [0, 0.05) is 28.2 Å². The molecule has 1 aliphatic carbocycles. The molecule has 0 heterocycles. The van der Waals surface area contributed by atoms with E-state index in [1.807, 2.05) is 18.2 Å². The van der Waals surface area contributed by atoms with Gasteiger partial charge in [-0.2, -0.15) is 0 Å². The van der Waals surface area contributed by atoms with Crippen LogP contribution in [0.5, 0.6) is 0 Å². The van der Waals surface area contributed by atoms with Gasteiger partial charge in [0.25, 0.3) is 0 Å². The van der Waals surface area contributed by atoms with Gasteiger partial charge in [-0.25, -0.2) is 0 Å². The maximum atomic E-state index is 6.22. The fraction of sp³-hybridized carbons (Fsp3) is 0.467. The number of halogens is 2. The molecule has 0 bridgehead atoms. The normalized spacial score (nSPS) is 16.5. The Labute approximate surface area is 125 Å². The molecule has 1 aromatic rings. The molecule has 1 atom stereocenters. The van der Waals surface area contributed by atoms with Crippen LogP contribution in [0.1, 0.15) is 37.3 Å². The van der Waals surface area contributed by atoms with Gasteiger partial charge in [0.05, 0.1) is 0 Å². The molecule has 0 saturated carbocycles. The Kier molecular flexibility index (Phi) is 5.71. The number of hydrogen-bond donors (Lipinski definition) is 2. The standard InChI is InChI=1S/C15H20Cl2N2/c16-12-6-3-7-13(17)15(12)14(10-18)19-9-8-11-4-1-2-5-11/h3-4,6-7,14,19H,1-2,5,8-10,18H2. The quantitative estimate of drug-likeness (QED) is 0.777. The Balaban J connectivity index is 1.95. The molecule has 2 rings (SSSR count). The monoisotopic (exact) mass is 298 g/mol. The van der Waals surface area contributed by atoms with E-state index >= 15 is 0 Å². The van der Waals surface area contributed by atoms with E-state index in [2.05, 4.69) is 11.4 Å². The van der Waals surface area contributed by atoms with Gasteiger partial charge in [-0.05, 0) is 44.4 Å². The zero-order valence-electron chi connectivity index (χ0n) is 11.0. The first-order valence-electron chi connectivity index (χ1n) is 6.77. The van der Waals surface area contributed by atoms with Crippen molar-refractivity contribution in [1.29, 1.82) is 0 Å². The van der Waals surface area contributed by atoms with Crippen LogP contribution in [0, 0.1) is 0 Å². The summed E-state index contributed by atoms with van der Waals surface area (Å²) in [5, 5.41) is 4.81. The SMILES string of the molecule is NCC(NCCC1=CCCC1)c1c(Cl)cccc1Cl. The first-order valence-corrected chi connectivity index (χ1v) is 7.53. The molecule has 2 nitrogen and oxygen atoms in total. The van der Waals surface area contributed by atoms with Crippen molar-refractivity contribution in [3.63, 3.8) is 0 Å². The maximum Gasteiger partial charge on any atom is 0.0474 e. The van der Waals surface area contributed by atoms with Gasteiger partial charge in [-0.3, -0.25) is 0 Å². The molecule has 0 fully saturated rings. The Bertz CT molecular complexity index is 437. The molecular weight excluding hydrogens is 279 g/mol. The highest BCUT2D eigenvalue weighted by Crippen LogP contribution is 2.30. The predicted molar refractivity (Wildman–Crippen MR) is 82.8 cm³/mol. The molecule has 0 saturated heterocycles. The lowest BCUT2D eigenvalue weighted by atomic mass is 10.1. The Hall–Kier alpha value is -0.540. The summed E-state index contributed by atoms with van der Waals surface area (Å²) < 4.78 is 0. The fourth-order valence-corrected chi connectivity index (χ4v) is 3.18. The van der Waals surface area contributed by atoms with Gasteiger partial charge in [0.1, 0.15) is 0 Å². The second-order valence-corrected chi connectivity index (χ2v) is 5.70. The average molecular weight is 299 g/mol. The van der Waals surface area contributed by atoms with Crippen molar-refractivity contribution in [3.05, 3.63) is 45.5 Å². The van der Waals surface area contributed by atoms with Gasteiger partial charge >= 0.3 is 0 Å². The molecule has 1 aromatic carbocycles. The summed E-state index contributed by atoms with van der Waals surface area (Å²) in [5.74, 6) is 0. The van der Waals surface area contributed by atoms with E-state index in [0.717, 1.165) is 18.5 Å². The minimum absolute atomic E-state index is 0.0169. The number of nitrogens with one attached hydrogen (secondary N) is 1. The van der Waals surface area contributed by atoms with Gasteiger partial charge in [-0.1, -0.05) is 40.9 Å². The molecule has 0 aromatic heterocycles. The van der Waals surface area contributed by atoms with Crippen LogP contribution in [0.25, 0.3) is 0 Å². The Morgan fingerprint density at radius 2 is 2.00 bits per heavy atom. The molecule has 0 radical (unpaired) electrons. The molecule has 1 aliphatic rings. The van der Waals surface area contributed by atoms with Crippen molar-refractivity contribution < 1.29 is 0 Å². The third kappa shape index (κ3) is 3.96. The average Bonchev–Trinajstić information content (AvgIpc) is 2.89. The van der Waals surface area contributed by atoms with Crippen molar-refractivity contribution in [3.8, 4) is 0 Å². The molecule has 19 heavy (non-hydrogen) atoms. The second-order valence-electron chi connectivity index (χ2n) is 4.88. The van der Waals surface area contributed by atoms with Crippen molar-refractivity contribution in [1.82, 2.24) is 5.32 Å². The summed E-state index contributed by atoms with van der Waals surface area (Å²) >= 11 is 12.4. The molecule has 0 amide bonds. The lowest BCUT2D eigenvalue weighted by molar-refractivity contribution is 0.542. The first kappa shape index (κ1) is 14.9. The van der Waals surface area contributed by atoms with Crippen LogP contribution in [0.2, 0.25) is 10.0 Å². The van der Waals surface area contributed by atoms with Crippen molar-refractivity contribution >= 4 is 23.2 Å². The highest BCUT2D eigenvalue weighted by molar-refractivity contribution is 6.36. The second kappa shape index (κ2) is 7.30. The Morgan fingerprint density at radius 1 is 1.26 bits per heavy atom. The lowest BCUT2D eigenvalue weighted by Crippen LogP contribution is -2.29. The van der Waals surface area contributed by atoms with E-state index in [4.69, 9.17) is 28.9 Å². The van der Waals surface area contributed by atoms with E-state index in [0.29, 0.717) is 16.6 Å². The Morgan fingerprint density at radius 3 is 2.58 bits per heavy atom. The molecule has 4 heteroatoms. The van der Waals surface area contributed by atoms with Crippen molar-refractivity contribution in [2.24, 2.45) is 5.73 Å². The lowest BCUT2D eigenvalue weighted by Gasteiger charge is -2.20. The molecule has 0 aliphatic heterocycles. The van der Waals surface area contributed by atoms with E-state index in [1.54, 1.807) is 5.57 Å². The molecule has 104 valence electrons. The topological polar surface area (TPSA) is 38.0 Å². The smallest absolute Gasteiger partial charge is 0.0474 e. The highest BCUT2D eigenvalue weighted by Gasteiger charge is 2.16. The summed E-state index contributed by atoms with van der Waals surface area (Å²) in [4.78, 5) is 0. The highest BCUT2D eigenvalue weighted by atomic mass is 35.5. The van der Waals surface area contributed by atoms with Crippen LogP contribution >= 0.6 is 23.2 Å². The van der Waals surface area contributed by atoms with Crippen LogP contribution in [0.4, 0.5) is 0 Å². The number of rotatable bonds is 6. The van der Waals surface area contributed by atoms with Crippen LogP contribution in [0.15, 0.2) is 29.8 Å². The number of nitrogens with two attached hydrogens (primary N) is 1. The maximum absolute atomic E-state index is 6.22. The van der Waals surface area contributed by atoms with Crippen LogP contribution < -0.4 is 11.1 Å². The van der Waals surface area contributed by atoms with E-state index in [9.17, 15) is 0 Å². The third-order valence-corrected chi connectivity index (χ3v) is 4.21. The van der Waals surface area contributed by atoms with E-state index in [1.165, 1.54) is 19.3 Å². The predicted octanol–water partition coefficient (Wildman–Crippen LogP) is 4.08. The van der Waals surface area contributed by atoms with Gasteiger partial charge in [0.15, 0.2) is 0 Å². The summed E-state index contributed by atoms with van der Waals surface area (Å²) in [6.45, 7) is 1.40. The fourth-order valence-electron chi connectivity index (χ4n) is 2.52. The largest absolute Gasteiger partial charge is 0.329 e. The first-order chi connectivity index (χ1) is 9.22. The van der Waals surface area contributed by atoms with Crippen LogP contribution in [-0.4, -0.2) is 13.1 Å². The number of hydrogen-bond acceptors (Lipinski definition) is 2. The summed E-state index contributed by atoms with van der Waals surface area (Å²) in [5.41, 5.74) is 8.30. The zero-order valence-corrected chi connectivity index (χ0v) is 12.5. The zero-order chi connectivity index (χ0) is 13.7. The van der Waals surface area contributed by atoms with Crippen molar-refractivity contribution in [2.45, 2.75) is 31.7 Å². The molecule has 1 unspecified atom stereocenters. The summed E-state index contributed by atoms with van der Waals surface area (Å²) in [6.07, 6.45) is 7.19. The van der Waals surface area contributed by atoms with Crippen LogP contribution in [-0.2, 0) is 0 Å². The third-order valence-electron chi connectivity index (χ3n) is 3.56. The van der Waals surface area contributed by atoms with Gasteiger partial charge in [-0.15, -0.1) is 0 Å². The molecule has 0 spiro atoms. The summed E-state index contributed by atoms with van der Waals surface area (Å²) in [7, 11) is 0. The van der Waals surface area contributed by atoms with E-state index < -0.39 is 0 Å². The summed E-state index contributed by atoms with van der Waals surface area (Å²) in [6, 6.07) is 5.58. The number of allylic oxidation sites excluding steroid dienone is 1. The van der Waals surface area contributed by atoms with E-state index in [-0.39, 0.29) is 6.04 Å².